The fourth-order valence-electron chi connectivity index (χ4n) is 3.48. The van der Waals surface area contributed by atoms with Crippen LogP contribution in [-0.4, -0.2) is 62.3 Å². The summed E-state index contributed by atoms with van der Waals surface area (Å²) in [5.74, 6) is 2.50. The van der Waals surface area contributed by atoms with Crippen molar-refractivity contribution in [2.75, 3.05) is 39.3 Å². The lowest BCUT2D eigenvalue weighted by Gasteiger charge is -2.33. The summed E-state index contributed by atoms with van der Waals surface area (Å²) < 4.78 is 11.8. The molecule has 2 N–H and O–H groups in total. The highest BCUT2D eigenvalue weighted by atomic mass is 16.6. The fraction of sp³-hybridized carbons (Fsp3) is 0.650. The molecule has 1 unspecified atom stereocenters. The van der Waals surface area contributed by atoms with Gasteiger partial charge in [0.25, 0.3) is 0 Å². The molecule has 1 fully saturated rings. The Morgan fingerprint density at radius 2 is 1.96 bits per heavy atom. The van der Waals surface area contributed by atoms with Gasteiger partial charge in [-0.3, -0.25) is 0 Å². The number of likely N-dealkylation sites (tertiary alicyclic amines) is 1. The Kier molecular flexibility index (Phi) is 7.00. The molecule has 0 radical (unpaired) electrons. The zero-order chi connectivity index (χ0) is 18.2. The first-order chi connectivity index (χ1) is 12.8. The topological polar surface area (TPSA) is 58.1 Å². The van der Waals surface area contributed by atoms with Crippen molar-refractivity contribution >= 4 is 5.96 Å². The minimum Gasteiger partial charge on any atom is -0.486 e. The van der Waals surface area contributed by atoms with Crippen molar-refractivity contribution in [3.63, 3.8) is 0 Å². The maximum Gasteiger partial charge on any atom is 0.191 e. The van der Waals surface area contributed by atoms with Gasteiger partial charge in [-0.15, -0.1) is 0 Å². The number of benzene rings is 1. The lowest BCUT2D eigenvalue weighted by molar-refractivity contribution is 0.0971. The van der Waals surface area contributed by atoms with Gasteiger partial charge in [-0.1, -0.05) is 19.1 Å². The Bertz CT molecular complexity index is 585. The molecule has 0 amide bonds. The first-order valence-electron chi connectivity index (χ1n) is 9.94. The minimum atomic E-state index is -0.0493. The first-order valence-corrected chi connectivity index (χ1v) is 9.94. The molecule has 0 aliphatic carbocycles. The van der Waals surface area contributed by atoms with Gasteiger partial charge in [0.2, 0.25) is 0 Å². The average molecular weight is 361 g/mol. The second-order valence-corrected chi connectivity index (χ2v) is 6.98. The Hall–Kier alpha value is -1.95. The standard InChI is InChI=1S/C20H32N4O2/c1-3-11-24-12-9-16(10-13-24)23-20(21-4-2)22-14-17-15-25-18-7-5-6-8-19(18)26-17/h5-8,16-17H,3-4,9-15H2,1-2H3,(H2,21,22,23). The van der Waals surface area contributed by atoms with Gasteiger partial charge in [0.15, 0.2) is 23.6 Å². The third-order valence-corrected chi connectivity index (χ3v) is 4.83. The largest absolute Gasteiger partial charge is 0.486 e. The van der Waals surface area contributed by atoms with Crippen molar-refractivity contribution in [2.24, 2.45) is 4.99 Å². The molecule has 6 heteroatoms. The number of fused-ring (bicyclic) bond motifs is 1. The Morgan fingerprint density at radius 1 is 1.19 bits per heavy atom. The summed E-state index contributed by atoms with van der Waals surface area (Å²) in [6.07, 6.45) is 3.52. The molecule has 1 atom stereocenters. The first kappa shape index (κ1) is 18.8. The van der Waals surface area contributed by atoms with Crippen molar-refractivity contribution in [1.82, 2.24) is 15.5 Å². The van der Waals surface area contributed by atoms with Gasteiger partial charge in [-0.25, -0.2) is 4.99 Å². The number of hydrogen-bond donors (Lipinski definition) is 2. The lowest BCUT2D eigenvalue weighted by atomic mass is 10.1. The Morgan fingerprint density at radius 3 is 2.69 bits per heavy atom. The van der Waals surface area contributed by atoms with Gasteiger partial charge in [0.05, 0.1) is 6.54 Å². The zero-order valence-corrected chi connectivity index (χ0v) is 16.0. The molecule has 0 saturated carbocycles. The van der Waals surface area contributed by atoms with Crippen molar-refractivity contribution in [1.29, 1.82) is 0 Å². The monoisotopic (exact) mass is 360 g/mol. The van der Waals surface area contributed by atoms with Crippen LogP contribution < -0.4 is 20.1 Å². The van der Waals surface area contributed by atoms with E-state index in [9.17, 15) is 0 Å². The third kappa shape index (κ3) is 5.27. The quantitative estimate of drug-likeness (QED) is 0.602. The van der Waals surface area contributed by atoms with Gasteiger partial charge in [0.1, 0.15) is 6.61 Å². The molecule has 144 valence electrons. The van der Waals surface area contributed by atoms with Crippen LogP contribution in [0.1, 0.15) is 33.1 Å². The van der Waals surface area contributed by atoms with Crippen molar-refractivity contribution < 1.29 is 9.47 Å². The van der Waals surface area contributed by atoms with Crippen LogP contribution >= 0.6 is 0 Å². The molecule has 2 aliphatic rings. The number of nitrogens with zero attached hydrogens (tertiary/aromatic N) is 2. The number of rotatable bonds is 6. The summed E-state index contributed by atoms with van der Waals surface area (Å²) in [6, 6.07) is 8.29. The van der Waals surface area contributed by atoms with Gasteiger partial charge < -0.3 is 25.0 Å². The smallest absolute Gasteiger partial charge is 0.191 e. The fourth-order valence-corrected chi connectivity index (χ4v) is 3.48. The summed E-state index contributed by atoms with van der Waals surface area (Å²) >= 11 is 0. The summed E-state index contributed by atoms with van der Waals surface area (Å²) in [4.78, 5) is 7.28. The highest BCUT2D eigenvalue weighted by Crippen LogP contribution is 2.30. The van der Waals surface area contributed by atoms with Gasteiger partial charge in [-0.05, 0) is 44.9 Å². The average Bonchev–Trinajstić information content (AvgIpc) is 2.68. The van der Waals surface area contributed by atoms with Crippen LogP contribution in [0.4, 0.5) is 0 Å². The number of para-hydroxylation sites is 2. The van der Waals surface area contributed by atoms with Crippen molar-refractivity contribution in [2.45, 2.75) is 45.3 Å². The molecule has 6 nitrogen and oxygen atoms in total. The molecule has 26 heavy (non-hydrogen) atoms. The molecule has 0 bridgehead atoms. The van der Waals surface area contributed by atoms with Crippen LogP contribution in [0.3, 0.4) is 0 Å². The van der Waals surface area contributed by atoms with E-state index in [4.69, 9.17) is 14.5 Å². The predicted molar refractivity (Wildman–Crippen MR) is 105 cm³/mol. The molecule has 1 saturated heterocycles. The van der Waals surface area contributed by atoms with E-state index in [-0.39, 0.29) is 6.10 Å². The highest BCUT2D eigenvalue weighted by Gasteiger charge is 2.22. The normalized spacial score (nSPS) is 21.5. The molecule has 2 heterocycles. The van der Waals surface area contributed by atoms with Gasteiger partial charge in [0, 0.05) is 25.7 Å². The SMILES string of the molecule is CCCN1CCC(NC(=NCC2COc3ccccc3O2)NCC)CC1. The minimum absolute atomic E-state index is 0.0493. The van der Waals surface area contributed by atoms with E-state index in [1.165, 1.54) is 38.9 Å². The summed E-state index contributed by atoms with van der Waals surface area (Å²) in [6.45, 7) is 9.86. The summed E-state index contributed by atoms with van der Waals surface area (Å²) in [7, 11) is 0. The molecule has 1 aromatic carbocycles. The van der Waals surface area contributed by atoms with E-state index >= 15 is 0 Å². The van der Waals surface area contributed by atoms with Crippen LogP contribution in [-0.2, 0) is 0 Å². The predicted octanol–water partition coefficient (Wildman–Crippen LogP) is 2.26. The third-order valence-electron chi connectivity index (χ3n) is 4.83. The maximum atomic E-state index is 6.00. The van der Waals surface area contributed by atoms with E-state index in [2.05, 4.69) is 29.4 Å². The van der Waals surface area contributed by atoms with Crippen molar-refractivity contribution in [3.05, 3.63) is 24.3 Å². The number of hydrogen-bond acceptors (Lipinski definition) is 4. The van der Waals surface area contributed by atoms with E-state index in [0.29, 0.717) is 19.2 Å². The van der Waals surface area contributed by atoms with E-state index in [1.54, 1.807) is 0 Å². The van der Waals surface area contributed by atoms with Gasteiger partial charge in [-0.2, -0.15) is 0 Å². The molecule has 2 aliphatic heterocycles. The van der Waals surface area contributed by atoms with E-state index in [1.807, 2.05) is 24.3 Å². The van der Waals surface area contributed by atoms with Crippen LogP contribution in [0.25, 0.3) is 0 Å². The van der Waals surface area contributed by atoms with E-state index < -0.39 is 0 Å². The Labute approximate surface area is 157 Å². The van der Waals surface area contributed by atoms with Gasteiger partial charge >= 0.3 is 0 Å². The molecule has 3 rings (SSSR count). The maximum absolute atomic E-state index is 6.00. The van der Waals surface area contributed by atoms with E-state index in [0.717, 1.165) is 24.0 Å². The lowest BCUT2D eigenvalue weighted by Crippen LogP contribution is -2.49. The van der Waals surface area contributed by atoms with Crippen LogP contribution in [0.15, 0.2) is 29.3 Å². The Balaban J connectivity index is 1.50. The highest BCUT2D eigenvalue weighted by molar-refractivity contribution is 5.80. The number of guanidine groups is 1. The zero-order valence-electron chi connectivity index (χ0n) is 16.0. The molecular formula is C20H32N4O2. The van der Waals surface area contributed by atoms with Crippen LogP contribution in [0.2, 0.25) is 0 Å². The number of aliphatic imine (C=N–C) groups is 1. The number of piperidine rings is 1. The summed E-state index contributed by atoms with van der Waals surface area (Å²) in [5.41, 5.74) is 0. The summed E-state index contributed by atoms with van der Waals surface area (Å²) in [5, 5.41) is 6.95. The van der Waals surface area contributed by atoms with Crippen LogP contribution in [0, 0.1) is 0 Å². The molecule has 0 aromatic heterocycles. The van der Waals surface area contributed by atoms with Crippen LogP contribution in [0.5, 0.6) is 11.5 Å². The number of nitrogens with one attached hydrogen (secondary N) is 2. The second-order valence-electron chi connectivity index (χ2n) is 6.98. The molecule has 0 spiro atoms. The number of ether oxygens (including phenoxy) is 2. The second kappa shape index (κ2) is 9.67. The molecule has 1 aromatic rings. The molecular weight excluding hydrogens is 328 g/mol. The van der Waals surface area contributed by atoms with Crippen molar-refractivity contribution in [3.8, 4) is 11.5 Å².